The van der Waals surface area contributed by atoms with Gasteiger partial charge in [-0.3, -0.25) is 0 Å². The molecule has 0 bridgehead atoms. The van der Waals surface area contributed by atoms with E-state index in [-0.39, 0.29) is 6.61 Å². The molecular formula is C19H22O5. The summed E-state index contributed by atoms with van der Waals surface area (Å²) in [6.07, 6.45) is -0.781. The zero-order valence-electron chi connectivity index (χ0n) is 14.4. The Bertz CT molecular complexity index is 709. The van der Waals surface area contributed by atoms with Gasteiger partial charge in [-0.15, -0.1) is 0 Å². The minimum atomic E-state index is -0.781. The Labute approximate surface area is 142 Å². The maximum Gasteiger partial charge on any atom is 0.513 e. The molecule has 128 valence electrons. The SMILES string of the molecule is CCOc1cccc(OC(=O)OC)c1COc1ccc(C)cc1C. The van der Waals surface area contributed by atoms with Gasteiger partial charge in [-0.25, -0.2) is 4.79 Å². The van der Waals surface area contributed by atoms with Crippen LogP contribution >= 0.6 is 0 Å². The standard InChI is InChI=1S/C19H22O5/c1-5-22-17-7-6-8-18(24-19(20)21-4)15(17)12-23-16-10-9-13(2)11-14(16)3/h6-11H,5,12H2,1-4H3. The number of hydrogen-bond acceptors (Lipinski definition) is 5. The molecule has 2 aromatic carbocycles. The van der Waals surface area contributed by atoms with Crippen LogP contribution in [0.15, 0.2) is 36.4 Å². The van der Waals surface area contributed by atoms with Crippen LogP contribution in [-0.4, -0.2) is 19.9 Å². The summed E-state index contributed by atoms with van der Waals surface area (Å²) in [5.41, 5.74) is 2.87. The molecule has 0 aliphatic carbocycles. The Balaban J connectivity index is 2.26. The maximum absolute atomic E-state index is 11.4. The highest BCUT2D eigenvalue weighted by molar-refractivity contribution is 5.65. The number of hydrogen-bond donors (Lipinski definition) is 0. The first-order valence-electron chi connectivity index (χ1n) is 7.75. The lowest BCUT2D eigenvalue weighted by atomic mass is 10.1. The van der Waals surface area contributed by atoms with E-state index < -0.39 is 6.16 Å². The van der Waals surface area contributed by atoms with E-state index in [1.807, 2.05) is 39.0 Å². The molecule has 0 aliphatic rings. The van der Waals surface area contributed by atoms with E-state index in [1.54, 1.807) is 12.1 Å². The molecule has 2 rings (SSSR count). The highest BCUT2D eigenvalue weighted by atomic mass is 16.7. The quantitative estimate of drug-likeness (QED) is 0.579. The molecular weight excluding hydrogens is 308 g/mol. The van der Waals surface area contributed by atoms with Gasteiger partial charge in [0.15, 0.2) is 0 Å². The Morgan fingerprint density at radius 3 is 2.42 bits per heavy atom. The van der Waals surface area contributed by atoms with Crippen LogP contribution in [-0.2, 0) is 11.3 Å². The van der Waals surface area contributed by atoms with E-state index in [9.17, 15) is 4.79 Å². The van der Waals surface area contributed by atoms with Crippen LogP contribution in [0.25, 0.3) is 0 Å². The van der Waals surface area contributed by atoms with Gasteiger partial charge in [0.2, 0.25) is 0 Å². The summed E-state index contributed by atoms with van der Waals surface area (Å²) in [6, 6.07) is 11.2. The van der Waals surface area contributed by atoms with Crippen molar-refractivity contribution in [2.24, 2.45) is 0 Å². The van der Waals surface area contributed by atoms with E-state index in [0.717, 1.165) is 11.3 Å². The molecule has 0 heterocycles. The number of carbonyl (C=O) groups is 1. The van der Waals surface area contributed by atoms with Gasteiger partial charge in [0.25, 0.3) is 0 Å². The van der Waals surface area contributed by atoms with Crippen LogP contribution in [0.4, 0.5) is 4.79 Å². The summed E-state index contributed by atoms with van der Waals surface area (Å²) in [5, 5.41) is 0. The van der Waals surface area contributed by atoms with Crippen LogP contribution in [0.2, 0.25) is 0 Å². The summed E-state index contributed by atoms with van der Waals surface area (Å²) in [7, 11) is 1.26. The smallest absolute Gasteiger partial charge is 0.493 e. The van der Waals surface area contributed by atoms with Gasteiger partial charge >= 0.3 is 6.16 Å². The molecule has 0 unspecified atom stereocenters. The second-order valence-corrected chi connectivity index (χ2v) is 5.28. The van der Waals surface area contributed by atoms with Crippen molar-refractivity contribution in [2.75, 3.05) is 13.7 Å². The molecule has 0 saturated carbocycles. The average Bonchev–Trinajstić information content (AvgIpc) is 2.56. The molecule has 0 radical (unpaired) electrons. The lowest BCUT2D eigenvalue weighted by Crippen LogP contribution is -2.11. The van der Waals surface area contributed by atoms with Crippen LogP contribution < -0.4 is 14.2 Å². The number of rotatable bonds is 6. The van der Waals surface area contributed by atoms with Crippen molar-refractivity contribution < 1.29 is 23.7 Å². The molecule has 0 spiro atoms. The number of ether oxygens (including phenoxy) is 4. The number of benzene rings is 2. The van der Waals surface area contributed by atoms with Gasteiger partial charge in [-0.2, -0.15) is 0 Å². The van der Waals surface area contributed by atoms with Crippen LogP contribution in [0.1, 0.15) is 23.6 Å². The lowest BCUT2D eigenvalue weighted by molar-refractivity contribution is 0.120. The summed E-state index contributed by atoms with van der Waals surface area (Å²) < 4.78 is 21.3. The second kappa shape index (κ2) is 8.24. The van der Waals surface area contributed by atoms with E-state index in [0.29, 0.717) is 23.7 Å². The molecule has 0 aliphatic heterocycles. The summed E-state index contributed by atoms with van der Waals surface area (Å²) in [5.74, 6) is 1.75. The van der Waals surface area contributed by atoms with Crippen molar-refractivity contribution in [2.45, 2.75) is 27.4 Å². The van der Waals surface area contributed by atoms with Crippen molar-refractivity contribution in [1.29, 1.82) is 0 Å². The molecule has 5 heteroatoms. The van der Waals surface area contributed by atoms with Crippen molar-refractivity contribution in [3.63, 3.8) is 0 Å². The largest absolute Gasteiger partial charge is 0.513 e. The van der Waals surface area contributed by atoms with Crippen molar-refractivity contribution in [3.8, 4) is 17.2 Å². The van der Waals surface area contributed by atoms with Crippen LogP contribution in [0, 0.1) is 13.8 Å². The number of aryl methyl sites for hydroxylation is 2. The first-order chi connectivity index (χ1) is 11.5. The first kappa shape index (κ1) is 17.7. The molecule has 0 saturated heterocycles. The van der Waals surface area contributed by atoms with Gasteiger partial charge < -0.3 is 18.9 Å². The third kappa shape index (κ3) is 4.41. The molecule has 0 aromatic heterocycles. The number of carbonyl (C=O) groups excluding carboxylic acids is 1. The molecule has 24 heavy (non-hydrogen) atoms. The van der Waals surface area contributed by atoms with E-state index >= 15 is 0 Å². The fraction of sp³-hybridized carbons (Fsp3) is 0.316. The predicted molar refractivity (Wildman–Crippen MR) is 90.9 cm³/mol. The van der Waals surface area contributed by atoms with E-state index in [1.165, 1.54) is 12.7 Å². The zero-order valence-corrected chi connectivity index (χ0v) is 14.4. The topological polar surface area (TPSA) is 54.0 Å². The zero-order chi connectivity index (χ0) is 17.5. The normalized spacial score (nSPS) is 10.2. The first-order valence-corrected chi connectivity index (χ1v) is 7.75. The summed E-state index contributed by atoms with van der Waals surface area (Å²) in [6.45, 7) is 6.62. The van der Waals surface area contributed by atoms with Crippen molar-refractivity contribution >= 4 is 6.16 Å². The van der Waals surface area contributed by atoms with Gasteiger partial charge in [0.05, 0.1) is 19.3 Å². The Morgan fingerprint density at radius 1 is 1.00 bits per heavy atom. The monoisotopic (exact) mass is 330 g/mol. The fourth-order valence-electron chi connectivity index (χ4n) is 2.32. The van der Waals surface area contributed by atoms with E-state index in [4.69, 9.17) is 14.2 Å². The third-order valence-electron chi connectivity index (χ3n) is 3.45. The lowest BCUT2D eigenvalue weighted by Gasteiger charge is -2.16. The van der Waals surface area contributed by atoms with Gasteiger partial charge in [0, 0.05) is 0 Å². The van der Waals surface area contributed by atoms with Gasteiger partial charge in [-0.05, 0) is 44.5 Å². The predicted octanol–water partition coefficient (Wildman–Crippen LogP) is 4.43. The molecule has 0 fully saturated rings. The van der Waals surface area contributed by atoms with Gasteiger partial charge in [0.1, 0.15) is 23.9 Å². The van der Waals surface area contributed by atoms with Gasteiger partial charge in [-0.1, -0.05) is 23.8 Å². The third-order valence-corrected chi connectivity index (χ3v) is 3.45. The molecule has 2 aromatic rings. The summed E-state index contributed by atoms with van der Waals surface area (Å²) in [4.78, 5) is 11.4. The second-order valence-electron chi connectivity index (χ2n) is 5.28. The Morgan fingerprint density at radius 2 is 1.75 bits per heavy atom. The maximum atomic E-state index is 11.4. The average molecular weight is 330 g/mol. The Hall–Kier alpha value is -2.69. The number of methoxy groups -OCH3 is 1. The Kier molecular flexibility index (Phi) is 6.07. The minimum Gasteiger partial charge on any atom is -0.493 e. The summed E-state index contributed by atoms with van der Waals surface area (Å²) >= 11 is 0. The van der Waals surface area contributed by atoms with E-state index in [2.05, 4.69) is 10.8 Å². The molecule has 0 atom stereocenters. The highest BCUT2D eigenvalue weighted by Crippen LogP contribution is 2.31. The molecule has 5 nitrogen and oxygen atoms in total. The van der Waals surface area contributed by atoms with Crippen LogP contribution in [0.5, 0.6) is 17.2 Å². The minimum absolute atomic E-state index is 0.215. The van der Waals surface area contributed by atoms with Crippen molar-refractivity contribution in [1.82, 2.24) is 0 Å². The highest BCUT2D eigenvalue weighted by Gasteiger charge is 2.15. The fourth-order valence-corrected chi connectivity index (χ4v) is 2.32. The van der Waals surface area contributed by atoms with Crippen molar-refractivity contribution in [3.05, 3.63) is 53.1 Å². The molecule has 0 amide bonds. The van der Waals surface area contributed by atoms with Crippen LogP contribution in [0.3, 0.4) is 0 Å². The molecule has 0 N–H and O–H groups in total.